The Hall–Kier alpha value is -1.19. The second-order valence-electron chi connectivity index (χ2n) is 2.77. The van der Waals surface area contributed by atoms with Crippen molar-refractivity contribution in [3.05, 3.63) is 0 Å². The van der Waals surface area contributed by atoms with Gasteiger partial charge in [-0.05, 0) is 6.42 Å². The first-order chi connectivity index (χ1) is 5.74. The van der Waals surface area contributed by atoms with Crippen molar-refractivity contribution in [2.75, 3.05) is 6.54 Å². The van der Waals surface area contributed by atoms with E-state index in [4.69, 9.17) is 0 Å². The van der Waals surface area contributed by atoms with Gasteiger partial charge in [-0.15, -0.1) is 0 Å². The number of rotatable bonds is 2. The predicted octanol–water partition coefficient (Wildman–Crippen LogP) is 0.589. The Bertz CT molecular complexity index is 232. The molecule has 4 heteroatoms. The standard InChI is InChI=1S/C8H13N3O/c1-3-6(2)7(12)11-8-9-4-5-10-8/h4,6H,3,5H2,1-2H3,(H,10,11,12). The molecule has 0 spiro atoms. The molecule has 1 unspecified atom stereocenters. The topological polar surface area (TPSA) is 53.8 Å². The molecule has 1 heterocycles. The third-order valence-electron chi connectivity index (χ3n) is 1.83. The Balaban J connectivity index is 2.40. The summed E-state index contributed by atoms with van der Waals surface area (Å²) in [6, 6.07) is 0. The Morgan fingerprint density at radius 2 is 2.58 bits per heavy atom. The molecule has 0 saturated carbocycles. The predicted molar refractivity (Wildman–Crippen MR) is 48.4 cm³/mol. The minimum Gasteiger partial charge on any atom is -0.295 e. The van der Waals surface area contributed by atoms with Crippen LogP contribution in [0.4, 0.5) is 0 Å². The maximum absolute atomic E-state index is 11.3. The molecule has 12 heavy (non-hydrogen) atoms. The summed E-state index contributed by atoms with van der Waals surface area (Å²) >= 11 is 0. The number of aliphatic imine (C=N–C) groups is 2. The zero-order valence-corrected chi connectivity index (χ0v) is 7.37. The molecule has 1 N–H and O–H groups in total. The highest BCUT2D eigenvalue weighted by Gasteiger charge is 2.12. The molecule has 0 aromatic carbocycles. The van der Waals surface area contributed by atoms with E-state index in [-0.39, 0.29) is 11.8 Å². The maximum Gasteiger partial charge on any atom is 0.229 e. The van der Waals surface area contributed by atoms with E-state index in [9.17, 15) is 4.79 Å². The average Bonchev–Trinajstić information content (AvgIpc) is 2.55. The van der Waals surface area contributed by atoms with E-state index in [1.165, 1.54) is 0 Å². The molecule has 0 aromatic heterocycles. The minimum atomic E-state index is -0.00435. The van der Waals surface area contributed by atoms with Gasteiger partial charge in [0, 0.05) is 12.1 Å². The van der Waals surface area contributed by atoms with Crippen LogP contribution in [0.15, 0.2) is 9.98 Å². The zero-order chi connectivity index (χ0) is 8.97. The molecule has 0 aromatic rings. The highest BCUT2D eigenvalue weighted by atomic mass is 16.2. The first-order valence-corrected chi connectivity index (χ1v) is 4.12. The monoisotopic (exact) mass is 167 g/mol. The van der Waals surface area contributed by atoms with E-state index < -0.39 is 0 Å². The molecule has 1 amide bonds. The highest BCUT2D eigenvalue weighted by molar-refractivity contribution is 6.03. The maximum atomic E-state index is 11.3. The van der Waals surface area contributed by atoms with Gasteiger partial charge in [0.1, 0.15) is 0 Å². The fraction of sp³-hybridized carbons (Fsp3) is 0.625. The molecule has 1 atom stereocenters. The van der Waals surface area contributed by atoms with Crippen LogP contribution in [0.25, 0.3) is 0 Å². The second-order valence-corrected chi connectivity index (χ2v) is 2.77. The van der Waals surface area contributed by atoms with Gasteiger partial charge < -0.3 is 0 Å². The van der Waals surface area contributed by atoms with Crippen LogP contribution in [-0.2, 0) is 4.79 Å². The Morgan fingerprint density at radius 1 is 1.83 bits per heavy atom. The number of nitrogens with zero attached hydrogens (tertiary/aromatic N) is 2. The number of carbonyl (C=O) groups is 1. The van der Waals surface area contributed by atoms with Gasteiger partial charge in [-0.25, -0.2) is 9.98 Å². The van der Waals surface area contributed by atoms with Crippen LogP contribution >= 0.6 is 0 Å². The van der Waals surface area contributed by atoms with Crippen LogP contribution < -0.4 is 5.32 Å². The number of amides is 1. The third kappa shape index (κ3) is 2.15. The average molecular weight is 167 g/mol. The SMILES string of the molecule is CCC(C)C(=O)NC1=NCC=N1. The summed E-state index contributed by atoms with van der Waals surface area (Å²) in [4.78, 5) is 19.1. The summed E-state index contributed by atoms with van der Waals surface area (Å²) in [6.45, 7) is 4.44. The Kier molecular flexibility index (Phi) is 2.96. The molecule has 0 bridgehead atoms. The Labute approximate surface area is 71.8 Å². The van der Waals surface area contributed by atoms with Gasteiger partial charge in [0.15, 0.2) is 0 Å². The molecule has 0 saturated heterocycles. The number of hydrogen-bond acceptors (Lipinski definition) is 3. The summed E-state index contributed by atoms with van der Waals surface area (Å²) in [6.07, 6.45) is 2.51. The van der Waals surface area contributed by atoms with E-state index in [1.54, 1.807) is 6.21 Å². The largest absolute Gasteiger partial charge is 0.295 e. The van der Waals surface area contributed by atoms with Crippen LogP contribution in [0.5, 0.6) is 0 Å². The molecule has 0 aliphatic carbocycles. The van der Waals surface area contributed by atoms with Gasteiger partial charge in [0.25, 0.3) is 0 Å². The third-order valence-corrected chi connectivity index (χ3v) is 1.83. The van der Waals surface area contributed by atoms with Crippen LogP contribution in [0.1, 0.15) is 20.3 Å². The zero-order valence-electron chi connectivity index (χ0n) is 7.37. The smallest absolute Gasteiger partial charge is 0.229 e. The van der Waals surface area contributed by atoms with Gasteiger partial charge in [-0.1, -0.05) is 13.8 Å². The molecular formula is C8H13N3O. The second kappa shape index (κ2) is 3.99. The molecular weight excluding hydrogens is 154 g/mol. The van der Waals surface area contributed by atoms with Crippen LogP contribution in [0.2, 0.25) is 0 Å². The van der Waals surface area contributed by atoms with Gasteiger partial charge in [0.05, 0.1) is 6.54 Å². The van der Waals surface area contributed by atoms with Gasteiger partial charge in [0.2, 0.25) is 11.9 Å². The molecule has 0 fully saturated rings. The van der Waals surface area contributed by atoms with Crippen LogP contribution in [0.3, 0.4) is 0 Å². The molecule has 4 nitrogen and oxygen atoms in total. The van der Waals surface area contributed by atoms with Crippen molar-refractivity contribution in [2.45, 2.75) is 20.3 Å². The number of nitrogens with one attached hydrogen (secondary N) is 1. The molecule has 1 aliphatic rings. The van der Waals surface area contributed by atoms with Crippen molar-refractivity contribution >= 4 is 18.1 Å². The van der Waals surface area contributed by atoms with Crippen molar-refractivity contribution in [3.63, 3.8) is 0 Å². The lowest BCUT2D eigenvalue weighted by Crippen LogP contribution is -2.32. The number of hydrogen-bond donors (Lipinski definition) is 1. The van der Waals surface area contributed by atoms with E-state index in [0.29, 0.717) is 12.5 Å². The molecule has 0 radical (unpaired) electrons. The van der Waals surface area contributed by atoms with Crippen LogP contribution in [-0.4, -0.2) is 24.6 Å². The van der Waals surface area contributed by atoms with E-state index >= 15 is 0 Å². The summed E-state index contributed by atoms with van der Waals surface area (Å²) in [7, 11) is 0. The minimum absolute atomic E-state index is 0.00435. The van der Waals surface area contributed by atoms with Gasteiger partial charge in [-0.2, -0.15) is 0 Å². The number of guanidine groups is 1. The molecule has 1 rings (SSSR count). The summed E-state index contributed by atoms with van der Waals surface area (Å²) < 4.78 is 0. The van der Waals surface area contributed by atoms with Crippen molar-refractivity contribution in [2.24, 2.45) is 15.9 Å². The fourth-order valence-electron chi connectivity index (χ4n) is 0.786. The van der Waals surface area contributed by atoms with E-state index in [2.05, 4.69) is 15.3 Å². The van der Waals surface area contributed by atoms with Crippen molar-refractivity contribution in [3.8, 4) is 0 Å². The van der Waals surface area contributed by atoms with Gasteiger partial charge >= 0.3 is 0 Å². The van der Waals surface area contributed by atoms with E-state index in [1.807, 2.05) is 13.8 Å². The lowest BCUT2D eigenvalue weighted by atomic mass is 10.1. The summed E-state index contributed by atoms with van der Waals surface area (Å²) in [5, 5.41) is 2.64. The quantitative estimate of drug-likeness (QED) is 0.643. The van der Waals surface area contributed by atoms with Gasteiger partial charge in [-0.3, -0.25) is 10.1 Å². The first kappa shape index (κ1) is 8.90. The number of carbonyl (C=O) groups excluding carboxylic acids is 1. The first-order valence-electron chi connectivity index (χ1n) is 4.12. The van der Waals surface area contributed by atoms with Crippen molar-refractivity contribution in [1.82, 2.24) is 5.32 Å². The van der Waals surface area contributed by atoms with E-state index in [0.717, 1.165) is 6.42 Å². The lowest BCUT2D eigenvalue weighted by molar-refractivity contribution is -0.123. The Morgan fingerprint density at radius 3 is 3.08 bits per heavy atom. The normalized spacial score (nSPS) is 17.3. The molecule has 66 valence electrons. The lowest BCUT2D eigenvalue weighted by Gasteiger charge is -2.07. The van der Waals surface area contributed by atoms with Crippen LogP contribution in [0, 0.1) is 5.92 Å². The summed E-state index contributed by atoms with van der Waals surface area (Å²) in [5.74, 6) is 0.471. The fourth-order valence-corrected chi connectivity index (χ4v) is 0.786. The van der Waals surface area contributed by atoms with Crippen molar-refractivity contribution < 1.29 is 4.79 Å². The van der Waals surface area contributed by atoms with Crippen molar-refractivity contribution in [1.29, 1.82) is 0 Å². The highest BCUT2D eigenvalue weighted by Crippen LogP contribution is 2.00. The summed E-state index contributed by atoms with van der Waals surface area (Å²) in [5.41, 5.74) is 0. The molecule has 1 aliphatic heterocycles.